The molecule has 0 amide bonds. The standard InChI is InChI=1S/C24H20N4/c25-16-17-8-12-21(13-9-17)28-24-22(7-3-4-14-26-24)23(27-28)20-11-10-18-5-1-2-6-19(18)15-20/h1-2,5-6,8-13,15,26H,3-4,7,14H2. The van der Waals surface area contributed by atoms with E-state index in [1.807, 2.05) is 28.9 Å². The molecule has 0 radical (unpaired) electrons. The van der Waals surface area contributed by atoms with Crippen molar-refractivity contribution in [2.75, 3.05) is 11.9 Å². The number of hydrogen-bond donors (Lipinski definition) is 1. The van der Waals surface area contributed by atoms with Crippen molar-refractivity contribution in [3.8, 4) is 23.0 Å². The van der Waals surface area contributed by atoms with Crippen LogP contribution in [-0.2, 0) is 6.42 Å². The molecule has 0 saturated carbocycles. The highest BCUT2D eigenvalue weighted by Gasteiger charge is 2.21. The summed E-state index contributed by atoms with van der Waals surface area (Å²) >= 11 is 0. The number of hydrogen-bond acceptors (Lipinski definition) is 3. The van der Waals surface area contributed by atoms with Gasteiger partial charge in [0, 0.05) is 17.7 Å². The zero-order chi connectivity index (χ0) is 18.9. The quantitative estimate of drug-likeness (QED) is 0.524. The Labute approximate surface area is 164 Å². The molecule has 4 nitrogen and oxygen atoms in total. The molecule has 1 aromatic heterocycles. The Hall–Kier alpha value is -3.58. The second kappa shape index (κ2) is 6.86. The second-order valence-electron chi connectivity index (χ2n) is 7.19. The van der Waals surface area contributed by atoms with Gasteiger partial charge in [0.15, 0.2) is 0 Å². The summed E-state index contributed by atoms with van der Waals surface area (Å²) < 4.78 is 1.99. The van der Waals surface area contributed by atoms with Crippen LogP contribution in [0.1, 0.15) is 24.0 Å². The summed E-state index contributed by atoms with van der Waals surface area (Å²) in [6, 6.07) is 24.8. The number of fused-ring (bicyclic) bond motifs is 2. The van der Waals surface area contributed by atoms with Crippen molar-refractivity contribution in [3.63, 3.8) is 0 Å². The number of rotatable bonds is 2. The number of nitrogens with one attached hydrogen (secondary N) is 1. The first kappa shape index (κ1) is 16.6. The lowest BCUT2D eigenvalue weighted by atomic mass is 10.0. The van der Waals surface area contributed by atoms with E-state index in [4.69, 9.17) is 10.4 Å². The zero-order valence-corrected chi connectivity index (χ0v) is 15.5. The van der Waals surface area contributed by atoms with Gasteiger partial charge in [-0.3, -0.25) is 0 Å². The molecule has 4 aromatic rings. The fourth-order valence-corrected chi connectivity index (χ4v) is 3.93. The summed E-state index contributed by atoms with van der Waals surface area (Å²) in [7, 11) is 0. The minimum Gasteiger partial charge on any atom is -0.370 e. The summed E-state index contributed by atoms with van der Waals surface area (Å²) in [5, 5.41) is 20.1. The molecule has 3 aromatic carbocycles. The van der Waals surface area contributed by atoms with Crippen LogP contribution in [0.25, 0.3) is 27.7 Å². The van der Waals surface area contributed by atoms with Gasteiger partial charge in [-0.05, 0) is 60.4 Å². The van der Waals surface area contributed by atoms with Crippen LogP contribution in [0.4, 0.5) is 5.82 Å². The monoisotopic (exact) mass is 364 g/mol. The van der Waals surface area contributed by atoms with Gasteiger partial charge in [0.05, 0.1) is 23.0 Å². The summed E-state index contributed by atoms with van der Waals surface area (Å²) in [4.78, 5) is 0. The Bertz CT molecular complexity index is 1200. The van der Waals surface area contributed by atoms with E-state index in [1.54, 1.807) is 0 Å². The molecule has 0 aliphatic carbocycles. The zero-order valence-electron chi connectivity index (χ0n) is 15.5. The van der Waals surface area contributed by atoms with E-state index >= 15 is 0 Å². The third-order valence-electron chi connectivity index (χ3n) is 5.39. The summed E-state index contributed by atoms with van der Waals surface area (Å²) in [6.45, 7) is 0.951. The Balaban J connectivity index is 1.68. The predicted molar refractivity (Wildman–Crippen MR) is 113 cm³/mol. The maximum Gasteiger partial charge on any atom is 0.133 e. The highest BCUT2D eigenvalue weighted by Crippen LogP contribution is 2.35. The number of benzene rings is 3. The van der Waals surface area contributed by atoms with Crippen LogP contribution in [0.15, 0.2) is 66.7 Å². The van der Waals surface area contributed by atoms with E-state index in [0.717, 1.165) is 48.6 Å². The first-order valence-electron chi connectivity index (χ1n) is 9.69. The lowest BCUT2D eigenvalue weighted by molar-refractivity contribution is 0.780. The molecule has 136 valence electrons. The highest BCUT2D eigenvalue weighted by atomic mass is 15.3. The molecule has 0 spiro atoms. The Morgan fingerprint density at radius 2 is 1.75 bits per heavy atom. The molecule has 28 heavy (non-hydrogen) atoms. The first-order chi connectivity index (χ1) is 13.8. The van der Waals surface area contributed by atoms with E-state index in [9.17, 15) is 0 Å². The van der Waals surface area contributed by atoms with Crippen molar-refractivity contribution >= 4 is 16.6 Å². The van der Waals surface area contributed by atoms with E-state index in [-0.39, 0.29) is 0 Å². The molecule has 0 atom stereocenters. The number of nitrogens with zero attached hydrogens (tertiary/aromatic N) is 3. The second-order valence-corrected chi connectivity index (χ2v) is 7.19. The van der Waals surface area contributed by atoms with E-state index < -0.39 is 0 Å². The predicted octanol–water partition coefficient (Wildman–Crippen LogP) is 5.31. The topological polar surface area (TPSA) is 53.6 Å². The van der Waals surface area contributed by atoms with Crippen molar-refractivity contribution in [2.24, 2.45) is 0 Å². The van der Waals surface area contributed by atoms with Crippen LogP contribution < -0.4 is 5.32 Å². The number of aromatic nitrogens is 2. The third-order valence-corrected chi connectivity index (χ3v) is 5.39. The Morgan fingerprint density at radius 1 is 0.929 bits per heavy atom. The third kappa shape index (κ3) is 2.82. The van der Waals surface area contributed by atoms with Gasteiger partial charge in [-0.15, -0.1) is 0 Å². The normalized spacial score (nSPS) is 13.4. The summed E-state index contributed by atoms with van der Waals surface area (Å²) in [5.74, 6) is 1.07. The summed E-state index contributed by atoms with van der Waals surface area (Å²) in [5.41, 5.74) is 5.09. The molecular formula is C24H20N4. The van der Waals surface area contributed by atoms with Crippen LogP contribution in [0.5, 0.6) is 0 Å². The van der Waals surface area contributed by atoms with Gasteiger partial charge in [0.2, 0.25) is 0 Å². The van der Waals surface area contributed by atoms with Crippen LogP contribution in [0.3, 0.4) is 0 Å². The molecule has 0 saturated heterocycles. The van der Waals surface area contributed by atoms with Crippen molar-refractivity contribution in [1.29, 1.82) is 5.26 Å². The molecular weight excluding hydrogens is 344 g/mol. The molecule has 2 heterocycles. The molecule has 1 N–H and O–H groups in total. The minimum atomic E-state index is 0.657. The van der Waals surface area contributed by atoms with Gasteiger partial charge in [0.1, 0.15) is 5.82 Å². The highest BCUT2D eigenvalue weighted by molar-refractivity contribution is 5.87. The lowest BCUT2D eigenvalue weighted by Crippen LogP contribution is -2.07. The molecule has 0 fully saturated rings. The van der Waals surface area contributed by atoms with Gasteiger partial charge in [-0.2, -0.15) is 10.4 Å². The number of anilines is 1. The molecule has 4 heteroatoms. The van der Waals surface area contributed by atoms with Crippen LogP contribution in [-0.4, -0.2) is 16.3 Å². The van der Waals surface area contributed by atoms with E-state index in [1.165, 1.54) is 16.3 Å². The molecule has 0 bridgehead atoms. The van der Waals surface area contributed by atoms with Gasteiger partial charge in [-0.1, -0.05) is 36.4 Å². The first-order valence-corrected chi connectivity index (χ1v) is 9.69. The largest absolute Gasteiger partial charge is 0.370 e. The van der Waals surface area contributed by atoms with Crippen molar-refractivity contribution in [2.45, 2.75) is 19.3 Å². The smallest absolute Gasteiger partial charge is 0.133 e. The van der Waals surface area contributed by atoms with E-state index in [2.05, 4.69) is 53.9 Å². The molecule has 1 aliphatic heterocycles. The van der Waals surface area contributed by atoms with E-state index in [0.29, 0.717) is 5.56 Å². The maximum absolute atomic E-state index is 9.08. The Kier molecular flexibility index (Phi) is 4.06. The van der Waals surface area contributed by atoms with Crippen molar-refractivity contribution in [1.82, 2.24) is 9.78 Å². The van der Waals surface area contributed by atoms with Crippen LogP contribution in [0.2, 0.25) is 0 Å². The SMILES string of the molecule is N#Cc1ccc(-n2nc(-c3ccc4ccccc4c3)c3c2NCCCC3)cc1. The fraction of sp³-hybridized carbons (Fsp3) is 0.167. The van der Waals surface area contributed by atoms with Crippen LogP contribution >= 0.6 is 0 Å². The Morgan fingerprint density at radius 3 is 2.57 bits per heavy atom. The van der Waals surface area contributed by atoms with Crippen molar-refractivity contribution in [3.05, 3.63) is 77.9 Å². The average molecular weight is 364 g/mol. The average Bonchev–Trinajstić information content (AvgIpc) is 2.94. The van der Waals surface area contributed by atoms with Gasteiger partial charge in [0.25, 0.3) is 0 Å². The number of nitriles is 1. The molecule has 5 rings (SSSR count). The molecule has 1 aliphatic rings. The molecule has 0 unspecified atom stereocenters. The van der Waals surface area contributed by atoms with Gasteiger partial charge >= 0.3 is 0 Å². The fourth-order valence-electron chi connectivity index (χ4n) is 3.93. The maximum atomic E-state index is 9.08. The minimum absolute atomic E-state index is 0.657. The lowest BCUT2D eigenvalue weighted by Gasteiger charge is -2.09. The van der Waals surface area contributed by atoms with Gasteiger partial charge in [-0.25, -0.2) is 4.68 Å². The summed E-state index contributed by atoms with van der Waals surface area (Å²) in [6.07, 6.45) is 3.32. The van der Waals surface area contributed by atoms with Crippen LogP contribution in [0, 0.1) is 11.3 Å². The van der Waals surface area contributed by atoms with Gasteiger partial charge < -0.3 is 5.32 Å². The van der Waals surface area contributed by atoms with Crippen molar-refractivity contribution < 1.29 is 0 Å².